The number of piperidine rings is 1. The molecule has 4 N–H and O–H groups in total. The van der Waals surface area contributed by atoms with E-state index in [1.54, 1.807) is 20.8 Å². The van der Waals surface area contributed by atoms with Crippen molar-refractivity contribution in [2.75, 3.05) is 26.2 Å². The van der Waals surface area contributed by atoms with Crippen molar-refractivity contribution in [2.24, 2.45) is 5.92 Å². The lowest BCUT2D eigenvalue weighted by Gasteiger charge is -2.30. The summed E-state index contributed by atoms with van der Waals surface area (Å²) in [5, 5.41) is 28.6. The number of nitrogens with one attached hydrogen (secondary N) is 2. The molecule has 9 nitrogen and oxygen atoms in total. The molecule has 264 valence electrons. The molecule has 1 aliphatic heterocycles. The number of rotatable bonds is 14. The third kappa shape index (κ3) is 11.0. The Hall–Kier alpha value is -3.92. The number of benzene rings is 3. The molecule has 1 saturated heterocycles. The van der Waals surface area contributed by atoms with Crippen molar-refractivity contribution in [1.29, 1.82) is 0 Å². The third-order valence-electron chi connectivity index (χ3n) is 9.39. The summed E-state index contributed by atoms with van der Waals surface area (Å²) in [6.07, 6.45) is 2.61. The molecule has 5 rings (SSSR count). The van der Waals surface area contributed by atoms with E-state index < -0.39 is 41.9 Å². The molecule has 1 unspecified atom stereocenters. The van der Waals surface area contributed by atoms with E-state index in [-0.39, 0.29) is 12.3 Å². The van der Waals surface area contributed by atoms with Gasteiger partial charge in [-0.2, -0.15) is 0 Å². The minimum absolute atomic E-state index is 0.0810. The standard InChI is InChI=1S/C40H53N3O6/c1-40(2,3)49-39(47)41-34(25-28-12-6-4-7-13-28)35(44)27-31(38(46)42-37-33-15-9-8-14-30(33)26-36(37)45)24-29-16-18-32(19-17-29)48-23-22-43-20-10-5-11-21-43/h4,6-9,12-19,31,34-37,44-45H,5,10-11,20-27H2,1-3H3,(H,41,47)(H,42,46)/t31-,34-,35-,36+,37?/m0/s1. The van der Waals surface area contributed by atoms with E-state index in [0.717, 1.165) is 47.6 Å². The maximum atomic E-state index is 14.1. The number of carbonyl (C=O) groups excluding carboxylic acids is 2. The molecule has 0 saturated carbocycles. The van der Waals surface area contributed by atoms with Gasteiger partial charge >= 0.3 is 6.09 Å². The van der Waals surface area contributed by atoms with Crippen LogP contribution >= 0.6 is 0 Å². The van der Waals surface area contributed by atoms with Crippen molar-refractivity contribution in [1.82, 2.24) is 15.5 Å². The first kappa shape index (κ1) is 36.4. The highest BCUT2D eigenvalue weighted by Crippen LogP contribution is 2.32. The fraction of sp³-hybridized carbons (Fsp3) is 0.500. The van der Waals surface area contributed by atoms with E-state index in [4.69, 9.17) is 9.47 Å². The highest BCUT2D eigenvalue weighted by molar-refractivity contribution is 5.80. The van der Waals surface area contributed by atoms with Crippen LogP contribution < -0.4 is 15.4 Å². The van der Waals surface area contributed by atoms with Crippen LogP contribution in [0, 0.1) is 5.92 Å². The van der Waals surface area contributed by atoms with Gasteiger partial charge in [-0.15, -0.1) is 0 Å². The van der Waals surface area contributed by atoms with Crippen molar-refractivity contribution < 1.29 is 29.3 Å². The van der Waals surface area contributed by atoms with Crippen molar-refractivity contribution in [2.45, 2.75) is 95.6 Å². The molecule has 2 amide bonds. The Morgan fingerprint density at radius 3 is 2.29 bits per heavy atom. The Kier molecular flexibility index (Phi) is 12.7. The summed E-state index contributed by atoms with van der Waals surface area (Å²) in [6, 6.07) is 23.9. The minimum Gasteiger partial charge on any atom is -0.492 e. The lowest BCUT2D eigenvalue weighted by Crippen LogP contribution is -2.48. The summed E-state index contributed by atoms with van der Waals surface area (Å²) in [6.45, 7) is 9.14. The molecular formula is C40H53N3O6. The highest BCUT2D eigenvalue weighted by atomic mass is 16.6. The second-order valence-corrected chi connectivity index (χ2v) is 14.5. The number of carbonyl (C=O) groups is 2. The van der Waals surface area contributed by atoms with Gasteiger partial charge in [-0.05, 0) is 100 Å². The summed E-state index contributed by atoms with van der Waals surface area (Å²) < 4.78 is 11.6. The first-order valence-corrected chi connectivity index (χ1v) is 17.8. The number of amides is 2. The van der Waals surface area contributed by atoms with Crippen molar-refractivity contribution in [3.05, 3.63) is 101 Å². The number of alkyl carbamates (subject to hydrolysis) is 1. The second kappa shape index (κ2) is 17.1. The van der Waals surface area contributed by atoms with Gasteiger partial charge in [-0.3, -0.25) is 9.69 Å². The molecule has 2 aliphatic rings. The van der Waals surface area contributed by atoms with E-state index in [9.17, 15) is 19.8 Å². The number of likely N-dealkylation sites (tertiary alicyclic amines) is 1. The molecule has 0 radical (unpaired) electrons. The maximum absolute atomic E-state index is 14.1. The molecule has 1 heterocycles. The van der Waals surface area contributed by atoms with E-state index in [2.05, 4.69) is 15.5 Å². The molecule has 5 atom stereocenters. The van der Waals surface area contributed by atoms with Gasteiger partial charge in [0, 0.05) is 18.9 Å². The fourth-order valence-electron chi connectivity index (χ4n) is 6.85. The number of ether oxygens (including phenoxy) is 2. The SMILES string of the molecule is CC(C)(C)OC(=O)N[C@@H](Cc1ccccc1)[C@@H](O)C[C@H](Cc1ccc(OCCN2CCCCC2)cc1)C(=O)NC1c2ccccc2C[C@H]1O. The zero-order valence-electron chi connectivity index (χ0n) is 29.1. The molecule has 0 aromatic heterocycles. The van der Waals surface area contributed by atoms with E-state index in [0.29, 0.717) is 25.9 Å². The van der Waals surface area contributed by atoms with Crippen LogP contribution in [0.3, 0.4) is 0 Å². The molecule has 9 heteroatoms. The molecule has 49 heavy (non-hydrogen) atoms. The zero-order chi connectivity index (χ0) is 34.8. The minimum atomic E-state index is -1.07. The lowest BCUT2D eigenvalue weighted by atomic mass is 9.88. The Morgan fingerprint density at radius 1 is 0.898 bits per heavy atom. The second-order valence-electron chi connectivity index (χ2n) is 14.5. The van der Waals surface area contributed by atoms with Crippen LogP contribution in [-0.2, 0) is 28.8 Å². The van der Waals surface area contributed by atoms with Crippen LogP contribution in [0.4, 0.5) is 4.79 Å². The van der Waals surface area contributed by atoms with Crippen LogP contribution in [-0.4, -0.2) is 77.2 Å². The Labute approximate surface area is 291 Å². The molecule has 1 fully saturated rings. The van der Waals surface area contributed by atoms with E-state index >= 15 is 0 Å². The van der Waals surface area contributed by atoms with E-state index in [1.807, 2.05) is 78.9 Å². The van der Waals surface area contributed by atoms with Gasteiger partial charge < -0.3 is 30.3 Å². The van der Waals surface area contributed by atoms with Gasteiger partial charge in [-0.25, -0.2) is 4.79 Å². The fourth-order valence-corrected chi connectivity index (χ4v) is 6.85. The number of hydrogen-bond donors (Lipinski definition) is 4. The summed E-state index contributed by atoms with van der Waals surface area (Å²) in [5.41, 5.74) is 3.06. The molecule has 1 aliphatic carbocycles. The van der Waals surface area contributed by atoms with Gasteiger partial charge in [0.05, 0.1) is 24.3 Å². The third-order valence-corrected chi connectivity index (χ3v) is 9.39. The summed E-state index contributed by atoms with van der Waals surface area (Å²) in [4.78, 5) is 29.4. The van der Waals surface area contributed by atoms with Gasteiger partial charge in [0.15, 0.2) is 0 Å². The molecule has 3 aromatic rings. The van der Waals surface area contributed by atoms with Crippen LogP contribution in [0.15, 0.2) is 78.9 Å². The largest absolute Gasteiger partial charge is 0.492 e. The van der Waals surface area contributed by atoms with Crippen LogP contribution in [0.25, 0.3) is 0 Å². The van der Waals surface area contributed by atoms with E-state index in [1.165, 1.54) is 19.3 Å². The molecule has 3 aromatic carbocycles. The first-order chi connectivity index (χ1) is 23.5. The maximum Gasteiger partial charge on any atom is 0.407 e. The predicted octanol–water partition coefficient (Wildman–Crippen LogP) is 5.37. The Bertz CT molecular complexity index is 1490. The van der Waals surface area contributed by atoms with Crippen molar-refractivity contribution >= 4 is 12.0 Å². The smallest absolute Gasteiger partial charge is 0.407 e. The molecular weight excluding hydrogens is 618 g/mol. The number of fused-ring (bicyclic) bond motifs is 1. The molecule has 0 spiro atoms. The normalized spacial score (nSPS) is 19.7. The van der Waals surface area contributed by atoms with Gasteiger partial charge in [0.1, 0.15) is 18.0 Å². The van der Waals surface area contributed by atoms with Crippen molar-refractivity contribution in [3.8, 4) is 5.75 Å². The van der Waals surface area contributed by atoms with Crippen LogP contribution in [0.2, 0.25) is 0 Å². The van der Waals surface area contributed by atoms with Crippen molar-refractivity contribution in [3.63, 3.8) is 0 Å². The zero-order valence-corrected chi connectivity index (χ0v) is 29.1. The van der Waals surface area contributed by atoms with Gasteiger partial charge in [0.2, 0.25) is 5.91 Å². The number of aliphatic hydroxyl groups is 2. The van der Waals surface area contributed by atoms with Gasteiger partial charge in [0.25, 0.3) is 0 Å². The predicted molar refractivity (Wildman–Crippen MR) is 190 cm³/mol. The number of nitrogens with zero attached hydrogens (tertiary/aromatic N) is 1. The quantitative estimate of drug-likeness (QED) is 0.182. The Morgan fingerprint density at radius 2 is 1.57 bits per heavy atom. The monoisotopic (exact) mass is 671 g/mol. The number of hydrogen-bond acceptors (Lipinski definition) is 7. The van der Waals surface area contributed by atoms with Crippen LogP contribution in [0.1, 0.15) is 74.8 Å². The summed E-state index contributed by atoms with van der Waals surface area (Å²) >= 11 is 0. The summed E-state index contributed by atoms with van der Waals surface area (Å²) in [7, 11) is 0. The van der Waals surface area contributed by atoms with Gasteiger partial charge in [-0.1, -0.05) is 73.2 Å². The topological polar surface area (TPSA) is 120 Å². The first-order valence-electron chi connectivity index (χ1n) is 17.8. The summed E-state index contributed by atoms with van der Waals surface area (Å²) in [5.74, 6) is -0.145. The molecule has 0 bridgehead atoms. The average Bonchev–Trinajstić information content (AvgIpc) is 3.39. The lowest BCUT2D eigenvalue weighted by molar-refractivity contribution is -0.127. The highest BCUT2D eigenvalue weighted by Gasteiger charge is 2.35. The average molecular weight is 672 g/mol. The van der Waals surface area contributed by atoms with Crippen LogP contribution in [0.5, 0.6) is 5.75 Å². The Balaban J connectivity index is 1.31. The number of aliphatic hydroxyl groups excluding tert-OH is 2.